The molecule has 4 unspecified atom stereocenters. The number of benzene rings is 1. The number of hydrogen-bond acceptors (Lipinski definition) is 12. The summed E-state index contributed by atoms with van der Waals surface area (Å²) >= 11 is 0. The number of hydrogen-bond donors (Lipinski definition) is 5. The molecule has 0 spiro atoms. The van der Waals surface area contributed by atoms with Crippen LogP contribution in [0, 0.1) is 0 Å². The third-order valence-corrected chi connectivity index (χ3v) is 6.30. The second-order valence-electron chi connectivity index (χ2n) is 11.2. The average Bonchev–Trinajstić information content (AvgIpc) is 3.09. The van der Waals surface area contributed by atoms with Gasteiger partial charge in [-0.2, -0.15) is 0 Å². The van der Waals surface area contributed by atoms with E-state index in [4.69, 9.17) is 53.6 Å². The number of ether oxygens (including phenoxy) is 7. The van der Waals surface area contributed by atoms with Crippen molar-refractivity contribution in [1.82, 2.24) is 0 Å². The van der Waals surface area contributed by atoms with Gasteiger partial charge in [-0.1, -0.05) is 57.7 Å². The summed E-state index contributed by atoms with van der Waals surface area (Å²) in [4.78, 5) is 9.25. The Kier molecular flexibility index (Phi) is 37.1. The number of aliphatic hydroxyl groups excluding tert-OH is 4. The minimum Gasteiger partial charge on any atom is -0.478 e. The molecule has 0 saturated heterocycles. The number of aliphatic hydroxyl groups is 4. The molecule has 288 valence electrons. The molecule has 0 aliphatic rings. The zero-order chi connectivity index (χ0) is 37.0. The summed E-state index contributed by atoms with van der Waals surface area (Å²) in [6.07, 6.45) is 8.04. The van der Waals surface area contributed by atoms with Crippen molar-refractivity contribution >= 4 is 5.97 Å². The van der Waals surface area contributed by atoms with Crippen molar-refractivity contribution in [2.24, 2.45) is 0 Å². The number of aryl methyl sites for hydroxylation is 1. The highest BCUT2D eigenvalue weighted by Crippen LogP contribution is 2.16. The maximum atomic E-state index is 9.94. The predicted octanol–water partition coefficient (Wildman–Crippen LogP) is 3.77. The summed E-state index contributed by atoms with van der Waals surface area (Å²) < 4.78 is 37.1. The molecule has 0 amide bonds. The van der Waals surface area contributed by atoms with Crippen LogP contribution >= 0.6 is 0 Å². The summed E-state index contributed by atoms with van der Waals surface area (Å²) in [5, 5.41) is 43.7. The monoisotopic (exact) mass is 706 g/mol. The molecule has 4 atom stereocenters. The Bertz CT molecular complexity index is 839. The van der Waals surface area contributed by atoms with Gasteiger partial charge in [-0.25, -0.2) is 4.79 Å². The Balaban J connectivity index is 0. The van der Waals surface area contributed by atoms with E-state index < -0.39 is 18.4 Å². The van der Waals surface area contributed by atoms with Crippen molar-refractivity contribution in [2.45, 2.75) is 97.2 Å². The van der Waals surface area contributed by atoms with E-state index in [2.05, 4.69) is 25.6 Å². The van der Waals surface area contributed by atoms with E-state index in [0.717, 1.165) is 12.5 Å². The van der Waals surface area contributed by atoms with Crippen LogP contribution in [-0.4, -0.2) is 135 Å². The van der Waals surface area contributed by atoms with Gasteiger partial charge in [0, 0.05) is 6.08 Å². The third kappa shape index (κ3) is 38.5. The van der Waals surface area contributed by atoms with Gasteiger partial charge in [-0.3, -0.25) is 0 Å². The second kappa shape index (κ2) is 37.1. The summed E-state index contributed by atoms with van der Waals surface area (Å²) in [5.41, 5.74) is 1.30. The smallest absolute Gasteiger partial charge is 0.327 e. The number of aliphatic carboxylic acids is 1. The van der Waals surface area contributed by atoms with Crippen molar-refractivity contribution in [3.05, 3.63) is 42.5 Å². The summed E-state index contributed by atoms with van der Waals surface area (Å²) in [6, 6.07) is 7.91. The van der Waals surface area contributed by atoms with E-state index >= 15 is 0 Å². The standard InChI is InChI=1S/C24H42O7.C9H20O4.C3H4O2/c1-2-3-4-5-6-7-8-22-9-11-23(12-10-22)31-24(26)21-30-20-19-29-18-17-28-16-15-27-14-13-25;1-7(11)5-12-9(3)6-13-8(2)4-10;1-2-3(4)5/h9-12,24-26H,2-8,13-21H2,1H3;7-11H,4-6H2,1-3H3;2H,1H2,(H,4,5). The summed E-state index contributed by atoms with van der Waals surface area (Å²) in [6.45, 7) is 14.4. The number of rotatable bonds is 30. The largest absolute Gasteiger partial charge is 0.478 e. The maximum Gasteiger partial charge on any atom is 0.327 e. The molecule has 13 heteroatoms. The highest BCUT2D eigenvalue weighted by Gasteiger charge is 2.08. The van der Waals surface area contributed by atoms with Gasteiger partial charge < -0.3 is 58.7 Å². The Morgan fingerprint density at radius 3 is 1.76 bits per heavy atom. The average molecular weight is 707 g/mol. The lowest BCUT2D eigenvalue weighted by Gasteiger charge is -2.16. The molecule has 0 radical (unpaired) electrons. The first-order valence-corrected chi connectivity index (χ1v) is 17.3. The second-order valence-corrected chi connectivity index (χ2v) is 11.2. The number of carboxylic acid groups (broad SMARTS) is 1. The first kappa shape index (κ1) is 48.9. The van der Waals surface area contributed by atoms with E-state index in [9.17, 15) is 9.90 Å². The highest BCUT2D eigenvalue weighted by molar-refractivity contribution is 5.78. The highest BCUT2D eigenvalue weighted by atomic mass is 16.6. The van der Waals surface area contributed by atoms with E-state index in [0.29, 0.717) is 65.2 Å². The van der Waals surface area contributed by atoms with Gasteiger partial charge in [0.25, 0.3) is 0 Å². The van der Waals surface area contributed by atoms with Crippen molar-refractivity contribution in [3.8, 4) is 5.75 Å². The fraction of sp³-hybridized carbons (Fsp3) is 0.750. The molecular formula is C36H66O13. The predicted molar refractivity (Wildman–Crippen MR) is 188 cm³/mol. The fourth-order valence-corrected chi connectivity index (χ4v) is 3.65. The fourth-order valence-electron chi connectivity index (χ4n) is 3.65. The lowest BCUT2D eigenvalue weighted by atomic mass is 10.0. The molecule has 0 aliphatic carbocycles. The molecule has 0 aromatic heterocycles. The van der Waals surface area contributed by atoms with Crippen LogP contribution in [0.15, 0.2) is 36.9 Å². The van der Waals surface area contributed by atoms with Gasteiger partial charge in [0.2, 0.25) is 6.29 Å². The van der Waals surface area contributed by atoms with Crippen molar-refractivity contribution in [3.63, 3.8) is 0 Å². The first-order chi connectivity index (χ1) is 23.6. The summed E-state index contributed by atoms with van der Waals surface area (Å²) in [7, 11) is 0. The molecule has 5 N–H and O–H groups in total. The van der Waals surface area contributed by atoms with Crippen molar-refractivity contribution < 1.29 is 63.5 Å². The molecule has 1 aromatic rings. The molecule has 1 aromatic carbocycles. The van der Waals surface area contributed by atoms with E-state index in [1.165, 1.54) is 44.1 Å². The Morgan fingerprint density at radius 2 is 1.24 bits per heavy atom. The van der Waals surface area contributed by atoms with Gasteiger partial charge >= 0.3 is 5.97 Å². The van der Waals surface area contributed by atoms with Crippen LogP contribution in [0.25, 0.3) is 0 Å². The van der Waals surface area contributed by atoms with E-state index in [1.54, 1.807) is 13.8 Å². The van der Waals surface area contributed by atoms with Gasteiger partial charge in [0.15, 0.2) is 0 Å². The molecule has 0 bridgehead atoms. The molecule has 1 rings (SSSR count). The lowest BCUT2D eigenvalue weighted by molar-refractivity contribution is -0.131. The zero-order valence-electron chi connectivity index (χ0n) is 30.3. The minimum atomic E-state index is -1.01. The van der Waals surface area contributed by atoms with Crippen LogP contribution in [0.5, 0.6) is 5.75 Å². The van der Waals surface area contributed by atoms with E-state index in [-0.39, 0.29) is 32.0 Å². The van der Waals surface area contributed by atoms with Gasteiger partial charge in [-0.15, -0.1) is 0 Å². The van der Waals surface area contributed by atoms with Crippen molar-refractivity contribution in [2.75, 3.05) is 79.3 Å². The van der Waals surface area contributed by atoms with E-state index in [1.807, 2.05) is 19.1 Å². The molecule has 0 heterocycles. The molecule has 0 saturated carbocycles. The lowest BCUT2D eigenvalue weighted by Crippen LogP contribution is -2.24. The molecule has 49 heavy (non-hydrogen) atoms. The van der Waals surface area contributed by atoms with Crippen molar-refractivity contribution in [1.29, 1.82) is 0 Å². The van der Waals surface area contributed by atoms with Crippen LogP contribution < -0.4 is 4.74 Å². The quantitative estimate of drug-likeness (QED) is 0.0443. The molecular weight excluding hydrogens is 640 g/mol. The van der Waals surface area contributed by atoms with Crippen LogP contribution in [-0.2, 0) is 39.6 Å². The number of carbonyl (C=O) groups is 1. The Labute approximate surface area is 294 Å². The van der Waals surface area contributed by atoms with Gasteiger partial charge in [-0.05, 0) is 51.3 Å². The normalized spacial score (nSPS) is 13.2. The molecule has 13 nitrogen and oxygen atoms in total. The SMILES string of the molecule is C=CC(=O)O.CC(O)COC(C)COC(C)CO.CCCCCCCCc1ccc(OC(O)COCCOCCOCCOCCO)cc1. The summed E-state index contributed by atoms with van der Waals surface area (Å²) in [5.74, 6) is -0.343. The molecule has 0 aliphatic heterocycles. The Morgan fingerprint density at radius 1 is 0.735 bits per heavy atom. The molecule has 0 fully saturated rings. The number of carboxylic acids is 1. The first-order valence-electron chi connectivity index (χ1n) is 17.3. The Hall–Kier alpha value is -2.17. The third-order valence-electron chi connectivity index (χ3n) is 6.30. The van der Waals surface area contributed by atoms with Gasteiger partial charge in [0.05, 0.1) is 91.0 Å². The minimum absolute atomic E-state index is 0.0170. The van der Waals surface area contributed by atoms with Gasteiger partial charge in [0.1, 0.15) is 12.4 Å². The number of unbranched alkanes of at least 4 members (excludes halogenated alkanes) is 5. The topological polar surface area (TPSA) is 183 Å². The van der Waals surface area contributed by atoms with Crippen LogP contribution in [0.2, 0.25) is 0 Å². The van der Waals surface area contributed by atoms with Crippen LogP contribution in [0.4, 0.5) is 0 Å². The van der Waals surface area contributed by atoms with Crippen LogP contribution in [0.3, 0.4) is 0 Å². The van der Waals surface area contributed by atoms with Crippen LogP contribution in [0.1, 0.15) is 71.8 Å². The maximum absolute atomic E-state index is 9.94. The zero-order valence-corrected chi connectivity index (χ0v) is 30.3.